The summed E-state index contributed by atoms with van der Waals surface area (Å²) < 4.78 is 0. The Morgan fingerprint density at radius 3 is 2.61 bits per heavy atom. The van der Waals surface area contributed by atoms with Crippen molar-refractivity contribution in [3.63, 3.8) is 0 Å². The summed E-state index contributed by atoms with van der Waals surface area (Å²) in [5.41, 5.74) is 1.27. The normalized spacial score (nSPS) is 17.3. The van der Waals surface area contributed by atoms with E-state index in [9.17, 15) is 9.59 Å². The van der Waals surface area contributed by atoms with E-state index in [1.54, 1.807) is 4.90 Å². The zero-order chi connectivity index (χ0) is 13.7. The van der Waals surface area contributed by atoms with Gasteiger partial charge >= 0.3 is 12.0 Å². The summed E-state index contributed by atoms with van der Waals surface area (Å²) in [6.45, 7) is 7.13. The van der Waals surface area contributed by atoms with Gasteiger partial charge in [0.15, 0.2) is 0 Å². The molecule has 0 saturated heterocycles. The van der Waals surface area contributed by atoms with Crippen molar-refractivity contribution in [1.82, 2.24) is 10.2 Å². The smallest absolute Gasteiger partial charge is 0.326 e. The van der Waals surface area contributed by atoms with Crippen LogP contribution in [-0.2, 0) is 4.79 Å². The number of carbonyl (C=O) groups is 2. The Kier molecular flexibility index (Phi) is 5.19. The molecule has 0 saturated carbocycles. The van der Waals surface area contributed by atoms with Gasteiger partial charge in [-0.3, -0.25) is 0 Å². The van der Waals surface area contributed by atoms with Gasteiger partial charge in [0, 0.05) is 13.1 Å². The molecule has 0 fully saturated rings. The fourth-order valence-corrected chi connectivity index (χ4v) is 1.89. The molecule has 0 radical (unpaired) electrons. The zero-order valence-electron chi connectivity index (χ0n) is 11.3. The predicted octanol–water partition coefficient (Wildman–Crippen LogP) is 1.85. The molecule has 102 valence electrons. The van der Waals surface area contributed by atoms with E-state index in [-0.39, 0.29) is 11.9 Å². The molecule has 0 spiro atoms. The second-order valence-corrected chi connectivity index (χ2v) is 5.22. The van der Waals surface area contributed by atoms with E-state index in [4.69, 9.17) is 5.11 Å². The van der Waals surface area contributed by atoms with Crippen LogP contribution >= 0.6 is 0 Å². The molecule has 0 bridgehead atoms. The maximum absolute atomic E-state index is 11.9. The fraction of sp³-hybridized carbons (Fsp3) is 0.692. The minimum atomic E-state index is -0.971. The Balaban J connectivity index is 2.53. The highest BCUT2D eigenvalue weighted by molar-refractivity contribution is 5.82. The molecular weight excluding hydrogens is 232 g/mol. The molecule has 0 aromatic carbocycles. The fourth-order valence-electron chi connectivity index (χ4n) is 1.89. The van der Waals surface area contributed by atoms with Crippen LogP contribution in [0.4, 0.5) is 4.79 Å². The van der Waals surface area contributed by atoms with E-state index >= 15 is 0 Å². The van der Waals surface area contributed by atoms with Gasteiger partial charge in [0.05, 0.1) is 0 Å². The second kappa shape index (κ2) is 6.42. The Labute approximate surface area is 108 Å². The third-order valence-corrected chi connectivity index (χ3v) is 3.03. The lowest BCUT2D eigenvalue weighted by atomic mass is 10.0. The van der Waals surface area contributed by atoms with Gasteiger partial charge in [0.1, 0.15) is 6.04 Å². The molecule has 1 aliphatic rings. The summed E-state index contributed by atoms with van der Waals surface area (Å²) in [6, 6.07) is -1.09. The highest BCUT2D eigenvalue weighted by Crippen LogP contribution is 2.11. The van der Waals surface area contributed by atoms with Crippen molar-refractivity contribution < 1.29 is 14.7 Å². The van der Waals surface area contributed by atoms with E-state index in [2.05, 4.69) is 5.32 Å². The number of rotatable bonds is 4. The van der Waals surface area contributed by atoms with Crippen LogP contribution in [0, 0.1) is 5.92 Å². The lowest BCUT2D eigenvalue weighted by Gasteiger charge is -2.27. The van der Waals surface area contributed by atoms with Crippen molar-refractivity contribution in [2.24, 2.45) is 5.92 Å². The van der Waals surface area contributed by atoms with Crippen LogP contribution in [-0.4, -0.2) is 41.1 Å². The van der Waals surface area contributed by atoms with Gasteiger partial charge in [-0.15, -0.1) is 0 Å². The molecule has 0 unspecified atom stereocenters. The molecule has 2 amide bonds. The van der Waals surface area contributed by atoms with Crippen molar-refractivity contribution in [2.45, 2.75) is 39.7 Å². The van der Waals surface area contributed by atoms with Gasteiger partial charge in [-0.25, -0.2) is 9.59 Å². The molecule has 1 atom stereocenters. The number of nitrogens with zero attached hydrogens (tertiary/aromatic N) is 1. The van der Waals surface area contributed by atoms with Crippen molar-refractivity contribution in [2.75, 3.05) is 13.1 Å². The number of urea groups is 1. The van der Waals surface area contributed by atoms with E-state index in [0.29, 0.717) is 19.5 Å². The molecule has 0 aromatic rings. The minimum absolute atomic E-state index is 0.231. The number of aliphatic carboxylic acids is 1. The average Bonchev–Trinajstić information content (AvgIpc) is 2.28. The first-order valence-electron chi connectivity index (χ1n) is 6.34. The Hall–Kier alpha value is -1.52. The Bertz CT molecular complexity index is 350. The summed E-state index contributed by atoms with van der Waals surface area (Å²) in [4.78, 5) is 24.6. The highest BCUT2D eigenvalue weighted by Gasteiger charge is 2.24. The van der Waals surface area contributed by atoms with E-state index in [1.807, 2.05) is 26.8 Å². The number of carboxylic acids is 1. The number of amides is 2. The largest absolute Gasteiger partial charge is 0.480 e. The summed E-state index contributed by atoms with van der Waals surface area (Å²) in [5.74, 6) is -0.740. The van der Waals surface area contributed by atoms with Gasteiger partial charge in [-0.05, 0) is 25.7 Å². The van der Waals surface area contributed by atoms with E-state index in [1.165, 1.54) is 5.57 Å². The van der Waals surface area contributed by atoms with Gasteiger partial charge < -0.3 is 15.3 Å². The number of carboxylic acid groups (broad SMARTS) is 1. The number of hydrogen-bond donors (Lipinski definition) is 2. The van der Waals surface area contributed by atoms with Crippen molar-refractivity contribution >= 4 is 12.0 Å². The lowest BCUT2D eigenvalue weighted by molar-refractivity contribution is -0.139. The molecule has 5 nitrogen and oxygen atoms in total. The quantitative estimate of drug-likeness (QED) is 0.752. The third kappa shape index (κ3) is 4.39. The van der Waals surface area contributed by atoms with Crippen LogP contribution in [0.3, 0.4) is 0 Å². The molecule has 0 aliphatic carbocycles. The van der Waals surface area contributed by atoms with Crippen molar-refractivity contribution in [3.8, 4) is 0 Å². The van der Waals surface area contributed by atoms with Crippen LogP contribution < -0.4 is 5.32 Å². The Morgan fingerprint density at radius 1 is 1.50 bits per heavy atom. The lowest BCUT2D eigenvalue weighted by Crippen LogP contribution is -2.49. The van der Waals surface area contributed by atoms with E-state index < -0.39 is 12.0 Å². The zero-order valence-corrected chi connectivity index (χ0v) is 11.3. The molecule has 5 heteroatoms. The molecule has 18 heavy (non-hydrogen) atoms. The number of hydrogen-bond acceptors (Lipinski definition) is 2. The van der Waals surface area contributed by atoms with Gasteiger partial charge in [-0.2, -0.15) is 0 Å². The van der Waals surface area contributed by atoms with Crippen molar-refractivity contribution in [1.29, 1.82) is 0 Å². The van der Waals surface area contributed by atoms with Crippen molar-refractivity contribution in [3.05, 3.63) is 11.6 Å². The Morgan fingerprint density at radius 2 is 2.17 bits per heavy atom. The number of carbonyl (C=O) groups excluding carboxylic acids is 1. The summed E-state index contributed by atoms with van der Waals surface area (Å²) in [5, 5.41) is 11.7. The third-order valence-electron chi connectivity index (χ3n) is 3.03. The standard InChI is InChI=1S/C13H22N2O3/c1-9(2)8-11(12(16)17)14-13(18)15-6-4-10(3)5-7-15/h4,9,11H,5-8H2,1-3H3,(H,14,18)(H,16,17)/t11-/m0/s1. The first-order chi connectivity index (χ1) is 8.40. The maximum Gasteiger partial charge on any atom is 0.326 e. The summed E-state index contributed by atoms with van der Waals surface area (Å²) in [6.07, 6.45) is 3.31. The van der Waals surface area contributed by atoms with Gasteiger partial charge in [0.2, 0.25) is 0 Å². The van der Waals surface area contributed by atoms with Crippen LogP contribution in [0.5, 0.6) is 0 Å². The molecular formula is C13H22N2O3. The van der Waals surface area contributed by atoms with E-state index in [0.717, 1.165) is 6.42 Å². The molecule has 1 aliphatic heterocycles. The van der Waals surface area contributed by atoms with Crippen LogP contribution in [0.15, 0.2) is 11.6 Å². The summed E-state index contributed by atoms with van der Waals surface area (Å²) >= 11 is 0. The van der Waals surface area contributed by atoms with Crippen LogP contribution in [0.25, 0.3) is 0 Å². The molecule has 1 rings (SSSR count). The maximum atomic E-state index is 11.9. The number of nitrogens with one attached hydrogen (secondary N) is 1. The van der Waals surface area contributed by atoms with Crippen LogP contribution in [0.1, 0.15) is 33.6 Å². The monoisotopic (exact) mass is 254 g/mol. The van der Waals surface area contributed by atoms with Gasteiger partial charge in [-0.1, -0.05) is 25.5 Å². The topological polar surface area (TPSA) is 69.6 Å². The minimum Gasteiger partial charge on any atom is -0.480 e. The summed E-state index contributed by atoms with van der Waals surface area (Å²) in [7, 11) is 0. The first kappa shape index (κ1) is 14.5. The molecule has 2 N–H and O–H groups in total. The first-order valence-corrected chi connectivity index (χ1v) is 6.34. The van der Waals surface area contributed by atoms with Crippen LogP contribution in [0.2, 0.25) is 0 Å². The second-order valence-electron chi connectivity index (χ2n) is 5.22. The SMILES string of the molecule is CC1=CCN(C(=O)N[C@@H](CC(C)C)C(=O)O)CC1. The molecule has 0 aromatic heterocycles. The molecule has 1 heterocycles. The highest BCUT2D eigenvalue weighted by atomic mass is 16.4. The predicted molar refractivity (Wildman–Crippen MR) is 69.4 cm³/mol. The van der Waals surface area contributed by atoms with Gasteiger partial charge in [0.25, 0.3) is 0 Å². The average molecular weight is 254 g/mol.